The van der Waals surface area contributed by atoms with Gasteiger partial charge in [0, 0.05) is 0 Å². The first-order chi connectivity index (χ1) is 11.8. The van der Waals surface area contributed by atoms with Crippen molar-refractivity contribution in [2.45, 2.75) is 50.8 Å². The third kappa shape index (κ3) is 31.2. The zero-order chi connectivity index (χ0) is 24.3. The molecule has 0 heterocycles. The normalized spacial score (nSPS) is 10.9. The monoisotopic (exact) mass is 468 g/mol. The maximum absolute atomic E-state index is 9.41. The molecule has 0 bridgehead atoms. The Kier molecular flexibility index (Phi) is 18.7. The van der Waals surface area contributed by atoms with Crippen LogP contribution in [-0.2, 0) is 40.9 Å². The van der Waals surface area contributed by atoms with E-state index in [2.05, 4.69) is 0 Å². The summed E-state index contributed by atoms with van der Waals surface area (Å²) in [6, 6.07) is 0. The number of rotatable bonds is 4. The number of hydrogen-bond donors (Lipinski definition) is 8. The van der Waals surface area contributed by atoms with Crippen LogP contribution in [0.1, 0.15) is 27.7 Å². The fraction of sp³-hybridized carbons (Fsp3) is 0.667. The third-order valence-corrected chi connectivity index (χ3v) is 1.55. The zero-order valence-electron chi connectivity index (χ0n) is 15.3. The van der Waals surface area contributed by atoms with Crippen molar-refractivity contribution in [3.8, 4) is 0 Å². The topological polar surface area (TPSA) is 322 Å². The molecule has 0 saturated carbocycles. The number of aliphatic hydroxyl groups is 8. The second kappa shape index (κ2) is 14.3. The molecule has 0 radical (unpaired) electrons. The molecule has 0 aliphatic heterocycles. The van der Waals surface area contributed by atoms with E-state index in [4.69, 9.17) is 40.9 Å². The molecule has 0 aliphatic carbocycles. The van der Waals surface area contributed by atoms with Crippen molar-refractivity contribution in [1.82, 2.24) is 0 Å². The molecule has 0 unspecified atom stereocenters. The first kappa shape index (κ1) is 37.9. The van der Waals surface area contributed by atoms with E-state index in [1.54, 1.807) is 0 Å². The van der Waals surface area contributed by atoms with Gasteiger partial charge in [-0.05, 0) is 27.7 Å². The predicted molar refractivity (Wildman–Crippen MR) is 71.4 cm³/mol. The molecule has 0 atom stereocenters. The first-order valence-electron chi connectivity index (χ1n) is 6.42. The summed E-state index contributed by atoms with van der Waals surface area (Å²) in [5.41, 5.74) is 0. The maximum atomic E-state index is 9.41. The van der Waals surface area contributed by atoms with Crippen molar-refractivity contribution < 1.29 is 102 Å². The molecular formula is C12H20O16Ti. The Morgan fingerprint density at radius 3 is 0.483 bits per heavy atom. The van der Waals surface area contributed by atoms with Crippen LogP contribution in [0.4, 0.5) is 0 Å². The summed E-state index contributed by atoms with van der Waals surface area (Å²) in [4.78, 5) is 37.6. The Morgan fingerprint density at radius 2 is 0.483 bits per heavy atom. The molecule has 17 heteroatoms. The van der Waals surface area contributed by atoms with Crippen LogP contribution >= 0.6 is 0 Å². The quantitative estimate of drug-likeness (QED) is 0.140. The number of hydrogen-bond acceptors (Lipinski definition) is 16. The molecule has 0 saturated heterocycles. The molecule has 0 aromatic heterocycles. The van der Waals surface area contributed by atoms with Gasteiger partial charge < -0.3 is 80.5 Å². The minimum Gasteiger partial charge on any atom is -0.544 e. The molecule has 8 N–H and O–H groups in total. The van der Waals surface area contributed by atoms with Gasteiger partial charge in [-0.25, -0.2) is 0 Å². The third-order valence-electron chi connectivity index (χ3n) is 1.55. The standard InChI is InChI=1S/4C3H6O4.Ti/c4*1-3(6,7)2(4)5;/h4*6-7H,1H3,(H,4,5);/q;;;;+4/p-4. The maximum Gasteiger partial charge on any atom is 4.00 e. The van der Waals surface area contributed by atoms with E-state index < -0.39 is 47.0 Å². The summed E-state index contributed by atoms with van der Waals surface area (Å²) < 4.78 is 0. The Bertz CT molecular complexity index is 420. The Labute approximate surface area is 177 Å². The van der Waals surface area contributed by atoms with Crippen LogP contribution < -0.4 is 20.4 Å². The summed E-state index contributed by atoms with van der Waals surface area (Å²) in [6.45, 7) is 2.84. The van der Waals surface area contributed by atoms with Gasteiger partial charge in [-0.15, -0.1) is 0 Å². The van der Waals surface area contributed by atoms with E-state index >= 15 is 0 Å². The van der Waals surface area contributed by atoms with Crippen molar-refractivity contribution in [1.29, 1.82) is 0 Å². The second-order valence-electron chi connectivity index (χ2n) is 5.23. The second-order valence-corrected chi connectivity index (χ2v) is 5.23. The van der Waals surface area contributed by atoms with Crippen molar-refractivity contribution in [3.63, 3.8) is 0 Å². The Hall–Kier alpha value is -1.73. The molecule has 0 aliphatic rings. The van der Waals surface area contributed by atoms with E-state index in [1.165, 1.54) is 0 Å². The predicted octanol–water partition coefficient (Wildman–Crippen LogP) is -10.3. The van der Waals surface area contributed by atoms with E-state index in [-0.39, 0.29) is 21.7 Å². The minimum atomic E-state index is -2.69. The van der Waals surface area contributed by atoms with E-state index in [9.17, 15) is 39.6 Å². The van der Waals surface area contributed by atoms with Crippen molar-refractivity contribution in [3.05, 3.63) is 0 Å². The fourth-order valence-corrected chi connectivity index (χ4v) is 0. The molecule has 0 aromatic carbocycles. The number of carbonyl (C=O) groups is 4. The van der Waals surface area contributed by atoms with Crippen molar-refractivity contribution in [2.24, 2.45) is 0 Å². The van der Waals surface area contributed by atoms with E-state index in [0.717, 1.165) is 0 Å². The van der Waals surface area contributed by atoms with Gasteiger partial charge in [0.05, 0.1) is 23.9 Å². The minimum absolute atomic E-state index is 0. The van der Waals surface area contributed by atoms with Gasteiger partial charge in [-0.1, -0.05) is 0 Å². The number of carboxylic acid groups (broad SMARTS) is 4. The van der Waals surface area contributed by atoms with Gasteiger partial charge in [0.15, 0.2) is 0 Å². The fourth-order valence-electron chi connectivity index (χ4n) is 0. The molecule has 0 fully saturated rings. The van der Waals surface area contributed by atoms with Gasteiger partial charge in [-0.2, -0.15) is 0 Å². The zero-order valence-corrected chi connectivity index (χ0v) is 16.9. The summed E-state index contributed by atoms with van der Waals surface area (Å²) in [7, 11) is 0. The van der Waals surface area contributed by atoms with Crippen LogP contribution in [0.5, 0.6) is 0 Å². The van der Waals surface area contributed by atoms with Crippen molar-refractivity contribution in [2.75, 3.05) is 0 Å². The SMILES string of the molecule is CC(O)(O)C(=O)[O-].CC(O)(O)C(=O)[O-].CC(O)(O)C(=O)[O-].CC(O)(O)C(=O)[O-].[Ti+4]. The first-order valence-corrected chi connectivity index (χ1v) is 6.42. The molecule has 0 aromatic rings. The average Bonchev–Trinajstić information content (AvgIpc) is 2.35. The Morgan fingerprint density at radius 1 is 0.448 bits per heavy atom. The van der Waals surface area contributed by atoms with Crippen LogP contribution in [0.2, 0.25) is 0 Å². The van der Waals surface area contributed by atoms with E-state index in [1.807, 2.05) is 0 Å². The molecule has 16 nitrogen and oxygen atoms in total. The van der Waals surface area contributed by atoms with Gasteiger partial charge in [0.1, 0.15) is 0 Å². The molecule has 0 spiro atoms. The summed E-state index contributed by atoms with van der Waals surface area (Å²) >= 11 is 0. The number of aliphatic carboxylic acids is 4. The summed E-state index contributed by atoms with van der Waals surface area (Å²) in [5, 5.41) is 102. The van der Waals surface area contributed by atoms with Gasteiger partial charge in [0.25, 0.3) is 0 Å². The van der Waals surface area contributed by atoms with E-state index in [0.29, 0.717) is 27.7 Å². The smallest absolute Gasteiger partial charge is 0.544 e. The van der Waals surface area contributed by atoms with Crippen LogP contribution in [-0.4, -0.2) is 87.9 Å². The number of carbonyl (C=O) groups excluding carboxylic acids is 4. The van der Waals surface area contributed by atoms with Crippen LogP contribution in [0.25, 0.3) is 0 Å². The molecular weight excluding hydrogens is 448 g/mol. The summed E-state index contributed by atoms with van der Waals surface area (Å²) in [5.74, 6) is -18.4. The van der Waals surface area contributed by atoms with Crippen LogP contribution in [0, 0.1) is 0 Å². The van der Waals surface area contributed by atoms with Crippen LogP contribution in [0.3, 0.4) is 0 Å². The van der Waals surface area contributed by atoms with Gasteiger partial charge in [0.2, 0.25) is 23.1 Å². The largest absolute Gasteiger partial charge is 4.00 e. The molecule has 0 rings (SSSR count). The molecule has 0 amide bonds. The van der Waals surface area contributed by atoms with Gasteiger partial charge >= 0.3 is 21.7 Å². The average molecular weight is 468 g/mol. The van der Waals surface area contributed by atoms with Gasteiger partial charge in [-0.3, -0.25) is 0 Å². The molecule has 29 heavy (non-hydrogen) atoms. The Balaban J connectivity index is -0.0000000873. The van der Waals surface area contributed by atoms with Crippen LogP contribution in [0.15, 0.2) is 0 Å². The number of carboxylic acids is 4. The molecule has 168 valence electrons. The summed E-state index contributed by atoms with van der Waals surface area (Å²) in [6.07, 6.45) is 0. The van der Waals surface area contributed by atoms with Crippen molar-refractivity contribution >= 4 is 23.9 Å².